The lowest BCUT2D eigenvalue weighted by Crippen LogP contribution is -2.33. The molecule has 0 saturated carbocycles. The molecule has 5 nitrogen and oxygen atoms in total. The van der Waals surface area contributed by atoms with Crippen LogP contribution in [0.5, 0.6) is 0 Å². The van der Waals surface area contributed by atoms with E-state index in [0.29, 0.717) is 0 Å². The highest BCUT2D eigenvalue weighted by atomic mass is 15.1. The Morgan fingerprint density at radius 1 is 0.848 bits per heavy atom. The van der Waals surface area contributed by atoms with Crippen molar-refractivity contribution in [3.05, 3.63) is 70.0 Å². The summed E-state index contributed by atoms with van der Waals surface area (Å²) in [5.74, 6) is 2.36. The number of hydrogen-bond acceptors (Lipinski definition) is 4. The van der Waals surface area contributed by atoms with Gasteiger partial charge in [0.2, 0.25) is 0 Å². The molecule has 0 N–H and O–H groups in total. The summed E-state index contributed by atoms with van der Waals surface area (Å²) in [5, 5.41) is 0. The van der Waals surface area contributed by atoms with Gasteiger partial charge in [-0.15, -0.1) is 0 Å². The highest BCUT2D eigenvalue weighted by molar-refractivity contribution is 5.83. The Morgan fingerprint density at radius 2 is 1.45 bits per heavy atom. The van der Waals surface area contributed by atoms with Crippen LogP contribution >= 0.6 is 0 Å². The zero-order chi connectivity index (χ0) is 24.3. The highest BCUT2D eigenvalue weighted by Gasteiger charge is 2.33. The van der Waals surface area contributed by atoms with Crippen LogP contribution in [-0.2, 0) is 24.3 Å². The zero-order valence-corrected chi connectivity index (χ0v) is 21.8. The molecule has 0 aliphatic heterocycles. The lowest BCUT2D eigenvalue weighted by molar-refractivity contribution is -0.663. The number of hydrogen-bond donors (Lipinski definition) is 0. The zero-order valence-electron chi connectivity index (χ0n) is 21.8. The highest BCUT2D eigenvalue weighted by Crippen LogP contribution is 2.37. The van der Waals surface area contributed by atoms with Gasteiger partial charge in [-0.05, 0) is 42.9 Å². The van der Waals surface area contributed by atoms with Crippen LogP contribution in [0.3, 0.4) is 0 Å². The maximum Gasteiger partial charge on any atom is 0.287 e. The fraction of sp³-hybridized carbons (Fsp3) is 0.464. The molecule has 0 unspecified atom stereocenters. The molecule has 0 saturated heterocycles. The maximum atomic E-state index is 4.93. The van der Waals surface area contributed by atoms with Gasteiger partial charge >= 0.3 is 0 Å². The predicted octanol–water partition coefficient (Wildman–Crippen LogP) is 5.27. The Kier molecular flexibility index (Phi) is 5.50. The summed E-state index contributed by atoms with van der Waals surface area (Å²) < 4.78 is 2.14. The van der Waals surface area contributed by atoms with Crippen molar-refractivity contribution >= 4 is 5.57 Å². The molecule has 33 heavy (non-hydrogen) atoms. The van der Waals surface area contributed by atoms with Crippen molar-refractivity contribution in [3.63, 3.8) is 0 Å². The third kappa shape index (κ3) is 4.21. The van der Waals surface area contributed by atoms with Crippen molar-refractivity contribution in [2.75, 3.05) is 0 Å². The molecular weight excluding hydrogens is 406 g/mol. The van der Waals surface area contributed by atoms with E-state index in [9.17, 15) is 0 Å². The Morgan fingerprint density at radius 3 is 2.03 bits per heavy atom. The summed E-state index contributed by atoms with van der Waals surface area (Å²) in [6.45, 7) is 19.4. The van der Waals surface area contributed by atoms with Gasteiger partial charge in [-0.1, -0.05) is 59.2 Å². The number of aromatic nitrogens is 5. The molecule has 172 valence electrons. The van der Waals surface area contributed by atoms with E-state index in [1.54, 1.807) is 0 Å². The topological polar surface area (TPSA) is 55.4 Å². The van der Waals surface area contributed by atoms with E-state index in [2.05, 4.69) is 92.1 Å². The lowest BCUT2D eigenvalue weighted by Gasteiger charge is -2.22. The summed E-state index contributed by atoms with van der Waals surface area (Å²) in [7, 11) is 2.08. The van der Waals surface area contributed by atoms with Gasteiger partial charge in [0.25, 0.3) is 6.33 Å². The second kappa shape index (κ2) is 7.82. The minimum absolute atomic E-state index is 0.169. The Bertz CT molecular complexity index is 1250. The number of aryl methyl sites for hydroxylation is 3. The number of rotatable bonds is 2. The molecule has 0 atom stereocenters. The normalized spacial score (nSPS) is 13.8. The molecule has 2 aromatic heterocycles. The van der Waals surface area contributed by atoms with Crippen LogP contribution in [0.2, 0.25) is 0 Å². The molecule has 0 fully saturated rings. The average Bonchev–Trinajstić information content (AvgIpc) is 3.13. The monoisotopic (exact) mass is 442 g/mol. The quantitative estimate of drug-likeness (QED) is 0.508. The molecule has 0 radical (unpaired) electrons. The molecule has 4 rings (SSSR count). The van der Waals surface area contributed by atoms with Gasteiger partial charge in [0, 0.05) is 22.8 Å². The summed E-state index contributed by atoms with van der Waals surface area (Å²) in [4.78, 5) is 19.6. The first-order valence-corrected chi connectivity index (χ1v) is 11.7. The fourth-order valence-corrected chi connectivity index (χ4v) is 4.33. The first kappa shape index (κ1) is 23.2. The Hall–Kier alpha value is -2.95. The van der Waals surface area contributed by atoms with Gasteiger partial charge in [0.05, 0.1) is 18.2 Å². The van der Waals surface area contributed by atoms with Crippen LogP contribution in [0.4, 0.5) is 0 Å². The number of benzene rings is 1. The lowest BCUT2D eigenvalue weighted by atomic mass is 9.92. The van der Waals surface area contributed by atoms with E-state index in [1.165, 1.54) is 33.5 Å². The minimum atomic E-state index is -0.169. The molecule has 2 heterocycles. The molecule has 1 aliphatic rings. The number of nitrogens with zero attached hydrogens (tertiary/aromatic N) is 5. The van der Waals surface area contributed by atoms with E-state index in [4.69, 9.17) is 19.9 Å². The molecule has 1 aromatic carbocycles. The molecule has 1 aliphatic carbocycles. The molecule has 3 aromatic rings. The molecular formula is C28H36N5+. The first-order valence-electron chi connectivity index (χ1n) is 11.7. The Balaban J connectivity index is 1.92. The first-order chi connectivity index (χ1) is 15.3. The van der Waals surface area contributed by atoms with Gasteiger partial charge in [-0.2, -0.15) is 0 Å². The Labute approximate surface area is 198 Å². The van der Waals surface area contributed by atoms with Gasteiger partial charge in [0.1, 0.15) is 17.3 Å². The summed E-state index contributed by atoms with van der Waals surface area (Å²) in [5.41, 5.74) is 9.26. The van der Waals surface area contributed by atoms with Crippen LogP contribution in [0.25, 0.3) is 16.8 Å². The van der Waals surface area contributed by atoms with Crippen LogP contribution in [0.1, 0.15) is 87.0 Å². The van der Waals surface area contributed by atoms with Crippen molar-refractivity contribution in [1.29, 1.82) is 0 Å². The smallest absolute Gasteiger partial charge is 0.232 e. The van der Waals surface area contributed by atoms with E-state index in [1.807, 2.05) is 6.33 Å². The fourth-order valence-electron chi connectivity index (χ4n) is 4.33. The SMILES string of the molecule is Cc1cc(C)c(C)c(-c2c3c(nc[n+]2C)C(c2nc(C(C)(C)C)nc(C(C)(C)C)n2)=CC3)c1. The van der Waals surface area contributed by atoms with Gasteiger partial charge in [-0.3, -0.25) is 0 Å². The van der Waals surface area contributed by atoms with Crippen molar-refractivity contribution in [2.45, 2.75) is 79.6 Å². The van der Waals surface area contributed by atoms with Crippen molar-refractivity contribution in [3.8, 4) is 11.3 Å². The molecule has 5 heteroatoms. The van der Waals surface area contributed by atoms with Crippen molar-refractivity contribution in [2.24, 2.45) is 7.05 Å². The van der Waals surface area contributed by atoms with Gasteiger partial charge in [-0.25, -0.2) is 19.5 Å². The third-order valence-electron chi connectivity index (χ3n) is 6.33. The van der Waals surface area contributed by atoms with E-state index < -0.39 is 0 Å². The van der Waals surface area contributed by atoms with E-state index in [-0.39, 0.29) is 10.8 Å². The van der Waals surface area contributed by atoms with Crippen LogP contribution in [0, 0.1) is 20.8 Å². The van der Waals surface area contributed by atoms with Crippen LogP contribution in [-0.4, -0.2) is 19.9 Å². The third-order valence-corrected chi connectivity index (χ3v) is 6.33. The van der Waals surface area contributed by atoms with Crippen LogP contribution < -0.4 is 4.57 Å². The van der Waals surface area contributed by atoms with E-state index >= 15 is 0 Å². The van der Waals surface area contributed by atoms with Crippen molar-refractivity contribution < 1.29 is 4.57 Å². The number of fused-ring (bicyclic) bond motifs is 1. The van der Waals surface area contributed by atoms with Gasteiger partial charge in [0.15, 0.2) is 11.5 Å². The molecule has 0 spiro atoms. The predicted molar refractivity (Wildman–Crippen MR) is 133 cm³/mol. The molecule has 0 amide bonds. The average molecular weight is 443 g/mol. The maximum absolute atomic E-state index is 4.93. The second-order valence-electron chi connectivity index (χ2n) is 11.4. The summed E-state index contributed by atoms with van der Waals surface area (Å²) >= 11 is 0. The standard InChI is InChI=1S/C28H36N5/c1-16-13-17(2)18(3)21(14-16)23-19-11-12-20(22(19)29-15-33(23)10)24-30-25(27(4,5)6)32-26(31-24)28(7,8)9/h12-15H,11H2,1-10H3/q+1. The van der Waals surface area contributed by atoms with Gasteiger partial charge < -0.3 is 0 Å². The molecule has 0 bridgehead atoms. The largest absolute Gasteiger partial charge is 0.287 e. The summed E-state index contributed by atoms with van der Waals surface area (Å²) in [6.07, 6.45) is 4.96. The van der Waals surface area contributed by atoms with Crippen molar-refractivity contribution in [1.82, 2.24) is 19.9 Å². The second-order valence-corrected chi connectivity index (χ2v) is 11.4. The van der Waals surface area contributed by atoms with E-state index in [0.717, 1.165) is 35.2 Å². The minimum Gasteiger partial charge on any atom is -0.232 e. The number of allylic oxidation sites excluding steroid dienone is 1. The summed E-state index contributed by atoms with van der Waals surface area (Å²) in [6, 6.07) is 4.53. The van der Waals surface area contributed by atoms with Crippen LogP contribution in [0.15, 0.2) is 24.5 Å².